The summed E-state index contributed by atoms with van der Waals surface area (Å²) in [5.41, 5.74) is 7.59. The van der Waals surface area contributed by atoms with E-state index in [0.29, 0.717) is 24.5 Å². The summed E-state index contributed by atoms with van der Waals surface area (Å²) in [5, 5.41) is 2.64. The number of anilines is 1. The van der Waals surface area contributed by atoms with Crippen molar-refractivity contribution in [1.29, 1.82) is 0 Å². The van der Waals surface area contributed by atoms with Crippen molar-refractivity contribution < 1.29 is 9.53 Å². The van der Waals surface area contributed by atoms with E-state index in [1.54, 1.807) is 14.2 Å². The van der Waals surface area contributed by atoms with Crippen LogP contribution in [0, 0.1) is 0 Å². The van der Waals surface area contributed by atoms with E-state index in [2.05, 4.69) is 17.1 Å². The Morgan fingerprint density at radius 3 is 2.74 bits per heavy atom. The van der Waals surface area contributed by atoms with Crippen molar-refractivity contribution in [2.75, 3.05) is 33.0 Å². The fourth-order valence-corrected chi connectivity index (χ4v) is 1.95. The zero-order valence-electron chi connectivity index (χ0n) is 11.9. The van der Waals surface area contributed by atoms with Crippen LogP contribution >= 0.6 is 0 Å². The summed E-state index contributed by atoms with van der Waals surface area (Å²) in [7, 11) is 3.25. The van der Waals surface area contributed by atoms with Gasteiger partial charge in [0.25, 0.3) is 0 Å². The Balaban J connectivity index is 2.72. The number of nitrogens with zero attached hydrogens (tertiary/aromatic N) is 1. The van der Waals surface area contributed by atoms with E-state index in [0.717, 1.165) is 18.5 Å². The molecule has 5 heteroatoms. The molecule has 0 unspecified atom stereocenters. The average Bonchev–Trinajstić information content (AvgIpc) is 2.39. The summed E-state index contributed by atoms with van der Waals surface area (Å²) in [6.45, 7) is 4.07. The van der Waals surface area contributed by atoms with Crippen LogP contribution in [0.2, 0.25) is 0 Å². The van der Waals surface area contributed by atoms with Crippen LogP contribution in [0.5, 0.6) is 5.75 Å². The maximum Gasteiger partial charge on any atom is 0.233 e. The Hall–Kier alpha value is -1.75. The standard InChI is InChI=1S/C14H23N3O2/c1-4-7-17(10-14(18)16-2)9-11-5-6-13(19-3)12(15)8-11/h5-6,8H,4,7,9-10,15H2,1-3H3,(H,16,18). The van der Waals surface area contributed by atoms with Crippen molar-refractivity contribution in [3.05, 3.63) is 23.8 Å². The molecule has 106 valence electrons. The molecule has 0 radical (unpaired) electrons. The van der Waals surface area contributed by atoms with Gasteiger partial charge in [-0.2, -0.15) is 0 Å². The molecular weight excluding hydrogens is 242 g/mol. The van der Waals surface area contributed by atoms with Gasteiger partial charge in [-0.05, 0) is 30.7 Å². The molecule has 0 heterocycles. The first-order valence-electron chi connectivity index (χ1n) is 6.46. The molecule has 0 bridgehead atoms. The van der Waals surface area contributed by atoms with Gasteiger partial charge in [-0.3, -0.25) is 9.69 Å². The minimum atomic E-state index is 0.0231. The molecule has 0 aromatic heterocycles. The van der Waals surface area contributed by atoms with Gasteiger partial charge in [0, 0.05) is 13.6 Å². The molecule has 0 saturated heterocycles. The van der Waals surface area contributed by atoms with Crippen LogP contribution in [0.1, 0.15) is 18.9 Å². The van der Waals surface area contributed by atoms with Crippen LogP contribution in [0.15, 0.2) is 18.2 Å². The molecule has 0 aliphatic heterocycles. The van der Waals surface area contributed by atoms with E-state index in [4.69, 9.17) is 10.5 Å². The monoisotopic (exact) mass is 265 g/mol. The first-order valence-corrected chi connectivity index (χ1v) is 6.46. The van der Waals surface area contributed by atoms with Gasteiger partial charge in [0.05, 0.1) is 19.3 Å². The minimum absolute atomic E-state index is 0.0231. The molecular formula is C14H23N3O2. The molecule has 0 aliphatic rings. The lowest BCUT2D eigenvalue weighted by Crippen LogP contribution is -2.35. The number of benzene rings is 1. The zero-order valence-corrected chi connectivity index (χ0v) is 11.9. The van der Waals surface area contributed by atoms with Gasteiger partial charge >= 0.3 is 0 Å². The largest absolute Gasteiger partial charge is 0.495 e. The van der Waals surface area contributed by atoms with Gasteiger partial charge in [-0.25, -0.2) is 0 Å². The highest BCUT2D eigenvalue weighted by Gasteiger charge is 2.10. The molecule has 3 N–H and O–H groups in total. The third-order valence-electron chi connectivity index (χ3n) is 2.89. The third-order valence-corrected chi connectivity index (χ3v) is 2.89. The molecule has 1 aromatic carbocycles. The first kappa shape index (κ1) is 15.3. The third kappa shape index (κ3) is 4.79. The molecule has 0 aliphatic carbocycles. The van der Waals surface area contributed by atoms with Gasteiger partial charge in [-0.15, -0.1) is 0 Å². The number of carbonyl (C=O) groups excluding carboxylic acids is 1. The van der Waals surface area contributed by atoms with Crippen LogP contribution < -0.4 is 15.8 Å². The Bertz CT molecular complexity index is 421. The summed E-state index contributed by atoms with van der Waals surface area (Å²) in [6, 6.07) is 5.72. The van der Waals surface area contributed by atoms with E-state index >= 15 is 0 Å². The highest BCUT2D eigenvalue weighted by Crippen LogP contribution is 2.22. The lowest BCUT2D eigenvalue weighted by atomic mass is 10.1. The predicted octanol–water partition coefficient (Wildman–Crippen LogP) is 1.24. The number of ether oxygens (including phenoxy) is 1. The smallest absolute Gasteiger partial charge is 0.233 e. The lowest BCUT2D eigenvalue weighted by molar-refractivity contribution is -0.121. The van der Waals surface area contributed by atoms with Crippen LogP contribution in [0.4, 0.5) is 5.69 Å². The van der Waals surface area contributed by atoms with Crippen LogP contribution in [0.3, 0.4) is 0 Å². The molecule has 0 spiro atoms. The Morgan fingerprint density at radius 2 is 2.21 bits per heavy atom. The summed E-state index contributed by atoms with van der Waals surface area (Å²) < 4.78 is 5.13. The quantitative estimate of drug-likeness (QED) is 0.728. The Kier molecular flexibility index (Phi) is 6.15. The summed E-state index contributed by atoms with van der Waals surface area (Å²) in [4.78, 5) is 13.6. The van der Waals surface area contributed by atoms with Crippen molar-refractivity contribution in [3.63, 3.8) is 0 Å². The van der Waals surface area contributed by atoms with E-state index in [1.165, 1.54) is 0 Å². The van der Waals surface area contributed by atoms with Crippen molar-refractivity contribution in [1.82, 2.24) is 10.2 Å². The number of nitrogens with two attached hydrogens (primary N) is 1. The minimum Gasteiger partial charge on any atom is -0.495 e. The second-order valence-electron chi connectivity index (χ2n) is 4.46. The van der Waals surface area contributed by atoms with Crippen molar-refractivity contribution in [2.45, 2.75) is 19.9 Å². The van der Waals surface area contributed by atoms with Crippen molar-refractivity contribution >= 4 is 11.6 Å². The van der Waals surface area contributed by atoms with Crippen LogP contribution in [-0.2, 0) is 11.3 Å². The average molecular weight is 265 g/mol. The number of methoxy groups -OCH3 is 1. The lowest BCUT2D eigenvalue weighted by Gasteiger charge is -2.21. The highest BCUT2D eigenvalue weighted by molar-refractivity contribution is 5.77. The molecule has 0 saturated carbocycles. The topological polar surface area (TPSA) is 67.6 Å². The number of nitrogens with one attached hydrogen (secondary N) is 1. The van der Waals surface area contributed by atoms with E-state index in [-0.39, 0.29) is 5.91 Å². The molecule has 0 fully saturated rings. The van der Waals surface area contributed by atoms with Crippen LogP contribution in [0.25, 0.3) is 0 Å². The second kappa shape index (κ2) is 7.63. The first-order chi connectivity index (χ1) is 9.10. The summed E-state index contributed by atoms with van der Waals surface area (Å²) in [6.07, 6.45) is 1.00. The van der Waals surface area contributed by atoms with Gasteiger partial charge in [0.2, 0.25) is 5.91 Å². The van der Waals surface area contributed by atoms with E-state index < -0.39 is 0 Å². The van der Waals surface area contributed by atoms with Gasteiger partial charge in [0.15, 0.2) is 0 Å². The molecule has 19 heavy (non-hydrogen) atoms. The fourth-order valence-electron chi connectivity index (χ4n) is 1.95. The number of amides is 1. The van der Waals surface area contributed by atoms with Crippen molar-refractivity contribution in [2.24, 2.45) is 0 Å². The van der Waals surface area contributed by atoms with Gasteiger partial charge in [0.1, 0.15) is 5.75 Å². The Labute approximate surface area is 114 Å². The Morgan fingerprint density at radius 1 is 1.47 bits per heavy atom. The summed E-state index contributed by atoms with van der Waals surface area (Å²) in [5.74, 6) is 0.701. The van der Waals surface area contributed by atoms with E-state index in [9.17, 15) is 4.79 Å². The molecule has 1 rings (SSSR count). The summed E-state index contributed by atoms with van der Waals surface area (Å²) >= 11 is 0. The van der Waals surface area contributed by atoms with Crippen LogP contribution in [-0.4, -0.2) is 38.1 Å². The fraction of sp³-hybridized carbons (Fsp3) is 0.500. The SMILES string of the molecule is CCCN(CC(=O)NC)Cc1ccc(OC)c(N)c1. The normalized spacial score (nSPS) is 10.5. The number of nitrogen functional groups attached to an aromatic ring is 1. The molecule has 5 nitrogen and oxygen atoms in total. The second-order valence-corrected chi connectivity index (χ2v) is 4.46. The maximum absolute atomic E-state index is 11.5. The zero-order chi connectivity index (χ0) is 14.3. The highest BCUT2D eigenvalue weighted by atomic mass is 16.5. The predicted molar refractivity (Wildman–Crippen MR) is 77.0 cm³/mol. The van der Waals surface area contributed by atoms with Crippen molar-refractivity contribution in [3.8, 4) is 5.75 Å². The van der Waals surface area contributed by atoms with E-state index in [1.807, 2.05) is 18.2 Å². The number of hydrogen-bond donors (Lipinski definition) is 2. The number of likely N-dealkylation sites (N-methyl/N-ethyl adjacent to an activating group) is 1. The maximum atomic E-state index is 11.5. The molecule has 1 amide bonds. The number of carbonyl (C=O) groups is 1. The number of hydrogen-bond acceptors (Lipinski definition) is 4. The van der Waals surface area contributed by atoms with Gasteiger partial charge < -0.3 is 15.8 Å². The van der Waals surface area contributed by atoms with Gasteiger partial charge in [-0.1, -0.05) is 13.0 Å². The molecule has 1 aromatic rings. The number of rotatable bonds is 7. The molecule has 0 atom stereocenters.